The summed E-state index contributed by atoms with van der Waals surface area (Å²) in [6, 6.07) is 2.95. The number of nitrogen functional groups attached to an aromatic ring is 1. The number of amides is 1. The molecule has 0 saturated carbocycles. The second-order valence-corrected chi connectivity index (χ2v) is 3.33. The second-order valence-electron chi connectivity index (χ2n) is 3.33. The van der Waals surface area contributed by atoms with E-state index in [2.05, 4.69) is 15.7 Å². The van der Waals surface area contributed by atoms with Gasteiger partial charge < -0.3 is 10.7 Å². The molecule has 0 atom stereocenters. The van der Waals surface area contributed by atoms with E-state index in [1.165, 1.54) is 6.07 Å². The van der Waals surface area contributed by atoms with E-state index < -0.39 is 18.9 Å². The van der Waals surface area contributed by atoms with Gasteiger partial charge >= 0.3 is 0 Å². The number of aromatic nitrogens is 1. The van der Waals surface area contributed by atoms with E-state index in [1.54, 1.807) is 6.07 Å². The van der Waals surface area contributed by atoms with Crippen molar-refractivity contribution in [3.8, 4) is 0 Å². The molecule has 1 rings (SSSR count). The number of hydrogen-bond acceptors (Lipinski definition) is 4. The van der Waals surface area contributed by atoms with Gasteiger partial charge in [-0.2, -0.15) is 0 Å². The zero-order valence-corrected chi connectivity index (χ0v) is 9.34. The summed E-state index contributed by atoms with van der Waals surface area (Å²) in [4.78, 5) is 15.6. The predicted molar refractivity (Wildman–Crippen MR) is 59.8 cm³/mol. The summed E-state index contributed by atoms with van der Waals surface area (Å²) in [6.45, 7) is 1.19. The van der Waals surface area contributed by atoms with Crippen molar-refractivity contribution in [1.29, 1.82) is 0 Å². The molecule has 0 spiro atoms. The normalized spacial score (nSPS) is 10.4. The van der Waals surface area contributed by atoms with E-state index in [9.17, 15) is 13.6 Å². The van der Waals surface area contributed by atoms with Crippen LogP contribution >= 0.6 is 0 Å². The Balaban J connectivity index is 2.84. The molecule has 94 valence electrons. The van der Waals surface area contributed by atoms with E-state index in [0.717, 1.165) is 0 Å². The van der Waals surface area contributed by atoms with Crippen LogP contribution in [0, 0.1) is 0 Å². The summed E-state index contributed by atoms with van der Waals surface area (Å²) in [7, 11) is 0. The fourth-order valence-corrected chi connectivity index (χ4v) is 1.25. The summed E-state index contributed by atoms with van der Waals surface area (Å²) >= 11 is 0. The number of anilines is 1. The molecule has 0 radical (unpaired) electrons. The van der Waals surface area contributed by atoms with Gasteiger partial charge in [-0.25, -0.2) is 19.6 Å². The summed E-state index contributed by atoms with van der Waals surface area (Å²) < 4.78 is 23.9. The first-order valence-electron chi connectivity index (χ1n) is 5.10. The predicted octanol–water partition coefficient (Wildman–Crippen LogP) is 0.924. The molecule has 0 unspecified atom stereocenters. The Labute approximate surface area is 97.4 Å². The zero-order chi connectivity index (χ0) is 12.8. The van der Waals surface area contributed by atoms with Crippen molar-refractivity contribution in [3.63, 3.8) is 0 Å². The van der Waals surface area contributed by atoms with Crippen molar-refractivity contribution in [2.45, 2.75) is 19.8 Å². The molecular formula is C10H14F2N4O. The summed E-state index contributed by atoms with van der Waals surface area (Å²) in [6.07, 6.45) is -1.96. The highest BCUT2D eigenvalue weighted by molar-refractivity contribution is 5.95. The maximum absolute atomic E-state index is 11.9. The van der Waals surface area contributed by atoms with Crippen LogP contribution < -0.4 is 16.6 Å². The molecule has 7 heteroatoms. The molecule has 4 N–H and O–H groups in total. The Morgan fingerprint density at radius 2 is 2.24 bits per heavy atom. The first-order chi connectivity index (χ1) is 8.06. The van der Waals surface area contributed by atoms with Crippen LogP contribution in [-0.2, 0) is 6.42 Å². The first-order valence-corrected chi connectivity index (χ1v) is 5.10. The van der Waals surface area contributed by atoms with Gasteiger partial charge in [0.25, 0.3) is 12.3 Å². The number of rotatable bonds is 5. The molecule has 0 bridgehead atoms. The fourth-order valence-electron chi connectivity index (χ4n) is 1.25. The highest BCUT2D eigenvalue weighted by Gasteiger charge is 2.11. The molecule has 0 aliphatic carbocycles. The second kappa shape index (κ2) is 6.09. The summed E-state index contributed by atoms with van der Waals surface area (Å²) in [5.41, 5.74) is 3.23. The minimum atomic E-state index is -2.57. The van der Waals surface area contributed by atoms with Crippen molar-refractivity contribution in [3.05, 3.63) is 23.4 Å². The van der Waals surface area contributed by atoms with Crippen LogP contribution in [0.1, 0.15) is 23.0 Å². The molecule has 1 aromatic rings. The number of halogens is 2. The molecule has 1 aromatic heterocycles. The lowest BCUT2D eigenvalue weighted by atomic mass is 10.2. The highest BCUT2D eigenvalue weighted by Crippen LogP contribution is 2.10. The van der Waals surface area contributed by atoms with Crippen LogP contribution in [0.5, 0.6) is 0 Å². The minimum Gasteiger partial charge on any atom is -0.346 e. The zero-order valence-electron chi connectivity index (χ0n) is 9.34. The van der Waals surface area contributed by atoms with Gasteiger partial charge in [0.1, 0.15) is 5.82 Å². The molecule has 0 aliphatic rings. The number of hydrogen-bond donors (Lipinski definition) is 3. The summed E-state index contributed by atoms with van der Waals surface area (Å²) in [5.74, 6) is 4.96. The molecule has 0 aromatic carbocycles. The van der Waals surface area contributed by atoms with Gasteiger partial charge in [0.2, 0.25) is 0 Å². The van der Waals surface area contributed by atoms with Gasteiger partial charge in [-0.05, 0) is 18.6 Å². The number of nitrogens with one attached hydrogen (secondary N) is 2. The molecule has 1 heterocycles. The maximum atomic E-state index is 11.9. The van der Waals surface area contributed by atoms with Gasteiger partial charge in [-0.3, -0.25) is 4.79 Å². The molecule has 0 saturated heterocycles. The Kier molecular flexibility index (Phi) is 4.77. The Morgan fingerprint density at radius 3 is 2.76 bits per heavy atom. The van der Waals surface area contributed by atoms with Gasteiger partial charge in [-0.1, -0.05) is 6.92 Å². The average molecular weight is 244 g/mol. The van der Waals surface area contributed by atoms with E-state index in [1.807, 2.05) is 6.92 Å². The third-order valence-electron chi connectivity index (χ3n) is 2.07. The van der Waals surface area contributed by atoms with Gasteiger partial charge in [0.05, 0.1) is 6.54 Å². The molecule has 1 amide bonds. The van der Waals surface area contributed by atoms with E-state index in [0.29, 0.717) is 17.9 Å². The van der Waals surface area contributed by atoms with Crippen LogP contribution in [0.25, 0.3) is 0 Å². The lowest BCUT2D eigenvalue weighted by molar-refractivity contribution is 0.0891. The molecule has 0 aliphatic heterocycles. The third kappa shape index (κ3) is 3.95. The number of pyridine rings is 1. The number of nitrogens with two attached hydrogens (primary N) is 1. The van der Waals surface area contributed by atoms with E-state index in [4.69, 9.17) is 5.84 Å². The van der Waals surface area contributed by atoms with Crippen molar-refractivity contribution < 1.29 is 13.6 Å². The molecule has 17 heavy (non-hydrogen) atoms. The van der Waals surface area contributed by atoms with Crippen molar-refractivity contribution in [1.82, 2.24) is 10.3 Å². The number of carbonyl (C=O) groups excluding carboxylic acids is 1. The minimum absolute atomic E-state index is 0.255. The number of aryl methyl sites for hydroxylation is 1. The average Bonchev–Trinajstić information content (AvgIpc) is 2.34. The van der Waals surface area contributed by atoms with Crippen LogP contribution in [0.4, 0.5) is 14.6 Å². The standard InChI is InChI=1S/C10H14F2N4O/c1-2-7-3-6(4-9(15-7)16-13)10(17)14-5-8(11)12/h3-4,8H,2,5,13H2,1H3,(H,14,17)(H,15,16). The fraction of sp³-hybridized carbons (Fsp3) is 0.400. The van der Waals surface area contributed by atoms with E-state index >= 15 is 0 Å². The first kappa shape index (κ1) is 13.3. The summed E-state index contributed by atoms with van der Waals surface area (Å²) in [5, 5.41) is 2.12. The number of alkyl halides is 2. The van der Waals surface area contributed by atoms with Crippen molar-refractivity contribution in [2.75, 3.05) is 12.0 Å². The van der Waals surface area contributed by atoms with Crippen LogP contribution in [0.15, 0.2) is 12.1 Å². The number of nitrogens with zero attached hydrogens (tertiary/aromatic N) is 1. The quantitative estimate of drug-likeness (QED) is 0.531. The Morgan fingerprint density at radius 1 is 1.53 bits per heavy atom. The van der Waals surface area contributed by atoms with Crippen molar-refractivity contribution in [2.24, 2.45) is 5.84 Å². The van der Waals surface area contributed by atoms with Gasteiger partial charge in [-0.15, -0.1) is 0 Å². The van der Waals surface area contributed by atoms with Crippen LogP contribution in [0.3, 0.4) is 0 Å². The van der Waals surface area contributed by atoms with E-state index in [-0.39, 0.29) is 5.56 Å². The van der Waals surface area contributed by atoms with Crippen molar-refractivity contribution >= 4 is 11.7 Å². The topological polar surface area (TPSA) is 80.0 Å². The Bertz CT molecular complexity index is 376. The van der Waals surface area contributed by atoms with Gasteiger partial charge in [0.15, 0.2) is 0 Å². The number of carbonyl (C=O) groups is 1. The molecule has 0 fully saturated rings. The lowest BCUT2D eigenvalue weighted by Gasteiger charge is -2.08. The molecular weight excluding hydrogens is 230 g/mol. The lowest BCUT2D eigenvalue weighted by Crippen LogP contribution is -2.28. The highest BCUT2D eigenvalue weighted by atomic mass is 19.3. The largest absolute Gasteiger partial charge is 0.346 e. The maximum Gasteiger partial charge on any atom is 0.255 e. The third-order valence-corrected chi connectivity index (χ3v) is 2.07. The smallest absolute Gasteiger partial charge is 0.255 e. The molecule has 5 nitrogen and oxygen atoms in total. The monoisotopic (exact) mass is 244 g/mol. The van der Waals surface area contributed by atoms with Crippen LogP contribution in [-0.4, -0.2) is 23.9 Å². The van der Waals surface area contributed by atoms with Gasteiger partial charge in [0, 0.05) is 11.3 Å². The Hall–Kier alpha value is -1.76. The SMILES string of the molecule is CCc1cc(C(=O)NCC(F)F)cc(NN)n1. The number of hydrazine groups is 1. The van der Waals surface area contributed by atoms with Crippen LogP contribution in [0.2, 0.25) is 0 Å².